The highest BCUT2D eigenvalue weighted by Crippen LogP contribution is 2.30. The molecule has 142 valence electrons. The Balaban J connectivity index is 1.72. The lowest BCUT2D eigenvalue weighted by Gasteiger charge is -2.28. The molecule has 0 unspecified atom stereocenters. The lowest BCUT2D eigenvalue weighted by atomic mass is 10.0. The molecule has 1 aliphatic rings. The summed E-state index contributed by atoms with van der Waals surface area (Å²) in [6.45, 7) is 2.47. The van der Waals surface area contributed by atoms with E-state index in [4.69, 9.17) is 0 Å². The van der Waals surface area contributed by atoms with Crippen molar-refractivity contribution in [1.82, 2.24) is 0 Å². The average Bonchev–Trinajstić information content (AvgIpc) is 2.61. The van der Waals surface area contributed by atoms with Crippen molar-refractivity contribution in [3.05, 3.63) is 53.6 Å². The summed E-state index contributed by atoms with van der Waals surface area (Å²) >= 11 is 0. The van der Waals surface area contributed by atoms with Gasteiger partial charge in [-0.15, -0.1) is 13.2 Å². The maximum absolute atomic E-state index is 12.3. The molecule has 2 aromatic carbocycles. The number of nitrogens with one attached hydrogen (secondary N) is 1. The summed E-state index contributed by atoms with van der Waals surface area (Å²) < 4.78 is 40.3. The Kier molecular flexibility index (Phi) is 5.07. The number of ether oxygens (including phenoxy) is 1. The molecule has 0 saturated carbocycles. The van der Waals surface area contributed by atoms with Gasteiger partial charge in [-0.2, -0.15) is 0 Å². The molecule has 1 aliphatic heterocycles. The zero-order valence-corrected chi connectivity index (χ0v) is 14.5. The number of halogens is 3. The third-order valence-electron chi connectivity index (χ3n) is 4.20. The number of fused-ring (bicyclic) bond motifs is 1. The zero-order valence-electron chi connectivity index (χ0n) is 14.5. The number of carbonyl (C=O) groups is 2. The van der Waals surface area contributed by atoms with Crippen LogP contribution in [-0.2, 0) is 11.2 Å². The number of hydrogen-bond acceptors (Lipinski definition) is 3. The number of alkyl halides is 3. The zero-order chi connectivity index (χ0) is 19.6. The second kappa shape index (κ2) is 7.30. The van der Waals surface area contributed by atoms with Gasteiger partial charge < -0.3 is 15.0 Å². The van der Waals surface area contributed by atoms with Crippen molar-refractivity contribution in [2.75, 3.05) is 16.8 Å². The molecular formula is C19H17F3N2O3. The van der Waals surface area contributed by atoms with Crippen molar-refractivity contribution in [2.24, 2.45) is 0 Å². The van der Waals surface area contributed by atoms with E-state index >= 15 is 0 Å². The molecule has 8 heteroatoms. The molecule has 0 bridgehead atoms. The Morgan fingerprint density at radius 2 is 1.85 bits per heavy atom. The molecular weight excluding hydrogens is 361 g/mol. The molecule has 0 fully saturated rings. The molecule has 2 amide bonds. The van der Waals surface area contributed by atoms with Gasteiger partial charge in [-0.05, 0) is 61.4 Å². The van der Waals surface area contributed by atoms with Crippen LogP contribution in [0, 0.1) is 0 Å². The van der Waals surface area contributed by atoms with Gasteiger partial charge in [0.2, 0.25) is 5.91 Å². The molecule has 0 atom stereocenters. The smallest absolute Gasteiger partial charge is 0.406 e. The maximum Gasteiger partial charge on any atom is 0.573 e. The largest absolute Gasteiger partial charge is 0.573 e. The van der Waals surface area contributed by atoms with E-state index in [0.29, 0.717) is 25.1 Å². The van der Waals surface area contributed by atoms with Gasteiger partial charge in [0.1, 0.15) is 5.75 Å². The van der Waals surface area contributed by atoms with Crippen LogP contribution in [0.15, 0.2) is 42.5 Å². The summed E-state index contributed by atoms with van der Waals surface area (Å²) in [4.78, 5) is 25.9. The second-order valence-corrected chi connectivity index (χ2v) is 6.01. The number of aryl methyl sites for hydroxylation is 1. The van der Waals surface area contributed by atoms with Crippen LogP contribution in [0.4, 0.5) is 24.5 Å². The molecule has 27 heavy (non-hydrogen) atoms. The Hall–Kier alpha value is -3.03. The van der Waals surface area contributed by atoms with Crippen molar-refractivity contribution < 1.29 is 27.5 Å². The van der Waals surface area contributed by atoms with Crippen LogP contribution in [0.1, 0.15) is 29.3 Å². The molecule has 3 rings (SSSR count). The third kappa shape index (κ3) is 4.39. The number of nitrogens with zero attached hydrogens (tertiary/aromatic N) is 1. The number of rotatable bonds is 4. The number of carbonyl (C=O) groups excluding carboxylic acids is 2. The normalized spacial score (nSPS) is 13.9. The standard InChI is InChI=1S/C19H17F3N2O3/c1-2-24-16-9-6-14(11-13(16)5-10-17(24)25)23-18(26)12-3-7-15(8-4-12)27-19(20,21)22/h3-4,6-9,11H,2,5,10H2,1H3,(H,23,26). The molecule has 0 aromatic heterocycles. The van der Waals surface area contributed by atoms with E-state index in [9.17, 15) is 22.8 Å². The number of anilines is 2. The summed E-state index contributed by atoms with van der Waals surface area (Å²) in [6, 6.07) is 9.97. The van der Waals surface area contributed by atoms with Gasteiger partial charge in [0.25, 0.3) is 5.91 Å². The van der Waals surface area contributed by atoms with Gasteiger partial charge in [0.05, 0.1) is 0 Å². The van der Waals surface area contributed by atoms with E-state index in [1.54, 1.807) is 17.0 Å². The topological polar surface area (TPSA) is 58.6 Å². The van der Waals surface area contributed by atoms with Gasteiger partial charge in [-0.25, -0.2) is 0 Å². The maximum atomic E-state index is 12.3. The van der Waals surface area contributed by atoms with Crippen molar-refractivity contribution in [1.29, 1.82) is 0 Å². The van der Waals surface area contributed by atoms with Crippen LogP contribution >= 0.6 is 0 Å². The predicted molar refractivity (Wildman–Crippen MR) is 93.9 cm³/mol. The van der Waals surface area contributed by atoms with Crippen LogP contribution in [0.3, 0.4) is 0 Å². The number of hydrogen-bond donors (Lipinski definition) is 1. The van der Waals surface area contributed by atoms with E-state index in [2.05, 4.69) is 10.1 Å². The third-order valence-corrected chi connectivity index (χ3v) is 4.20. The minimum absolute atomic E-state index is 0.0722. The monoisotopic (exact) mass is 378 g/mol. The Morgan fingerprint density at radius 3 is 2.48 bits per heavy atom. The van der Waals surface area contributed by atoms with Crippen LogP contribution < -0.4 is 15.0 Å². The van der Waals surface area contributed by atoms with Crippen LogP contribution in [0.25, 0.3) is 0 Å². The van der Waals surface area contributed by atoms with E-state index in [-0.39, 0.29) is 11.5 Å². The highest BCUT2D eigenvalue weighted by Gasteiger charge is 2.31. The SMILES string of the molecule is CCN1C(=O)CCc2cc(NC(=O)c3ccc(OC(F)(F)F)cc3)ccc21. The predicted octanol–water partition coefficient (Wildman–Crippen LogP) is 4.14. The second-order valence-electron chi connectivity index (χ2n) is 6.01. The van der Waals surface area contributed by atoms with Crippen molar-refractivity contribution >= 4 is 23.2 Å². The van der Waals surface area contributed by atoms with Crippen molar-refractivity contribution in [3.63, 3.8) is 0 Å². The molecule has 0 spiro atoms. The molecule has 0 radical (unpaired) electrons. The fraction of sp³-hybridized carbons (Fsp3) is 0.263. The molecule has 1 N–H and O–H groups in total. The van der Waals surface area contributed by atoms with Crippen molar-refractivity contribution in [2.45, 2.75) is 26.1 Å². The first kappa shape index (κ1) is 18.8. The Labute approximate surface area is 153 Å². The summed E-state index contributed by atoms with van der Waals surface area (Å²) in [6.07, 6.45) is -3.77. The fourth-order valence-electron chi connectivity index (χ4n) is 3.00. The molecule has 2 aromatic rings. The van der Waals surface area contributed by atoms with Crippen LogP contribution in [0.5, 0.6) is 5.75 Å². The number of amides is 2. The van der Waals surface area contributed by atoms with E-state index in [1.807, 2.05) is 13.0 Å². The molecule has 0 saturated heterocycles. The Bertz CT molecular complexity index is 863. The van der Waals surface area contributed by atoms with Gasteiger partial charge in [0.15, 0.2) is 0 Å². The minimum atomic E-state index is -4.78. The summed E-state index contributed by atoms with van der Waals surface area (Å²) in [5.74, 6) is -0.771. The van der Waals surface area contributed by atoms with Crippen LogP contribution in [-0.4, -0.2) is 24.7 Å². The van der Waals surface area contributed by atoms with Gasteiger partial charge in [-0.3, -0.25) is 9.59 Å². The lowest BCUT2D eigenvalue weighted by molar-refractivity contribution is -0.274. The summed E-state index contributed by atoms with van der Waals surface area (Å²) in [5, 5.41) is 2.71. The van der Waals surface area contributed by atoms with E-state index in [0.717, 1.165) is 23.4 Å². The van der Waals surface area contributed by atoms with Crippen molar-refractivity contribution in [3.8, 4) is 5.75 Å². The van der Waals surface area contributed by atoms with Gasteiger partial charge >= 0.3 is 6.36 Å². The van der Waals surface area contributed by atoms with Crippen LogP contribution in [0.2, 0.25) is 0 Å². The molecule has 0 aliphatic carbocycles. The highest BCUT2D eigenvalue weighted by molar-refractivity contribution is 6.05. The average molecular weight is 378 g/mol. The summed E-state index contributed by atoms with van der Waals surface area (Å²) in [5.41, 5.74) is 2.55. The minimum Gasteiger partial charge on any atom is -0.406 e. The first-order chi connectivity index (χ1) is 12.8. The first-order valence-corrected chi connectivity index (χ1v) is 8.37. The van der Waals surface area contributed by atoms with E-state index in [1.165, 1.54) is 12.1 Å². The fourth-order valence-corrected chi connectivity index (χ4v) is 3.00. The highest BCUT2D eigenvalue weighted by atomic mass is 19.4. The first-order valence-electron chi connectivity index (χ1n) is 8.37. The quantitative estimate of drug-likeness (QED) is 0.870. The summed E-state index contributed by atoms with van der Waals surface area (Å²) in [7, 11) is 0. The molecule has 5 nitrogen and oxygen atoms in total. The number of benzene rings is 2. The van der Waals surface area contributed by atoms with Gasteiger partial charge in [-0.1, -0.05) is 0 Å². The lowest BCUT2D eigenvalue weighted by Crippen LogP contribution is -2.34. The molecule has 1 heterocycles. The Morgan fingerprint density at radius 1 is 1.15 bits per heavy atom. The van der Waals surface area contributed by atoms with E-state index < -0.39 is 18.0 Å². The van der Waals surface area contributed by atoms with Gasteiger partial charge in [0, 0.05) is 29.9 Å².